The molecule has 0 unspecified atom stereocenters. The summed E-state index contributed by atoms with van der Waals surface area (Å²) in [5.74, 6) is 1.67. The molecule has 0 saturated carbocycles. The first-order valence-corrected chi connectivity index (χ1v) is 13.9. The lowest BCUT2D eigenvalue weighted by Crippen LogP contribution is -2.29. The Bertz CT molecular complexity index is 1460. The van der Waals surface area contributed by atoms with Gasteiger partial charge < -0.3 is 10.2 Å². The van der Waals surface area contributed by atoms with Crippen LogP contribution in [-0.4, -0.2) is 66.3 Å². The summed E-state index contributed by atoms with van der Waals surface area (Å²) in [5.41, 5.74) is 4.51. The van der Waals surface area contributed by atoms with Crippen molar-refractivity contribution in [2.24, 2.45) is 0 Å². The fourth-order valence-corrected chi connectivity index (χ4v) is 5.06. The topological polar surface area (TPSA) is 95.7 Å². The molecule has 0 radical (unpaired) electrons. The Hall–Kier alpha value is -3.50. The van der Waals surface area contributed by atoms with E-state index in [4.69, 9.17) is 4.98 Å². The Kier molecular flexibility index (Phi) is 6.63. The second-order valence-corrected chi connectivity index (χ2v) is 11.5. The third kappa shape index (κ3) is 5.19. The van der Waals surface area contributed by atoms with Crippen LogP contribution in [-0.2, 0) is 16.4 Å². The van der Waals surface area contributed by atoms with Crippen LogP contribution in [0.3, 0.4) is 0 Å². The van der Waals surface area contributed by atoms with Crippen molar-refractivity contribution in [1.82, 2.24) is 24.5 Å². The Morgan fingerprint density at radius 1 is 1.06 bits per heavy atom. The molecule has 1 N–H and O–H groups in total. The van der Waals surface area contributed by atoms with Crippen LogP contribution in [0.4, 0.5) is 17.2 Å². The highest BCUT2D eigenvalue weighted by Gasteiger charge is 2.19. The summed E-state index contributed by atoms with van der Waals surface area (Å²) in [5, 5.41) is 7.96. The van der Waals surface area contributed by atoms with Crippen LogP contribution in [0.25, 0.3) is 5.65 Å². The van der Waals surface area contributed by atoms with Crippen LogP contribution in [0.2, 0.25) is 0 Å². The van der Waals surface area contributed by atoms with Crippen LogP contribution >= 0.6 is 0 Å². The Morgan fingerprint density at radius 3 is 2.50 bits per heavy atom. The number of benzene rings is 1. The lowest BCUT2D eigenvalue weighted by molar-refractivity contribution is 0.255. The molecule has 1 fully saturated rings. The van der Waals surface area contributed by atoms with Gasteiger partial charge in [0.2, 0.25) is 10.0 Å². The minimum atomic E-state index is -3.46. The number of likely N-dealkylation sites (tertiary alicyclic amines) is 1. The van der Waals surface area contributed by atoms with E-state index in [2.05, 4.69) is 51.6 Å². The van der Waals surface area contributed by atoms with Crippen molar-refractivity contribution in [3.63, 3.8) is 0 Å². The van der Waals surface area contributed by atoms with E-state index in [-0.39, 0.29) is 0 Å². The number of nitrogens with zero attached hydrogens (tertiary/aromatic N) is 6. The molecule has 5 rings (SSSR count). The molecule has 10 heteroatoms. The normalized spacial score (nSPS) is 15.3. The van der Waals surface area contributed by atoms with Crippen LogP contribution in [0.1, 0.15) is 35.7 Å². The van der Waals surface area contributed by atoms with Crippen molar-refractivity contribution in [2.75, 3.05) is 43.1 Å². The highest BCUT2D eigenvalue weighted by molar-refractivity contribution is 7.92. The maximum atomic E-state index is 12.1. The van der Waals surface area contributed by atoms with E-state index < -0.39 is 10.0 Å². The Balaban J connectivity index is 1.36. The van der Waals surface area contributed by atoms with Crippen molar-refractivity contribution in [3.8, 4) is 0 Å². The molecule has 0 spiro atoms. The Labute approximate surface area is 211 Å². The molecule has 0 amide bonds. The number of rotatable bonds is 7. The maximum Gasteiger partial charge on any atom is 0.233 e. The summed E-state index contributed by atoms with van der Waals surface area (Å²) in [6.45, 7) is 2.30. The largest absolute Gasteiger partial charge is 0.349 e. The first-order valence-electron chi connectivity index (χ1n) is 12.1. The van der Waals surface area contributed by atoms with Gasteiger partial charge in [-0.2, -0.15) is 5.10 Å². The van der Waals surface area contributed by atoms with Crippen molar-refractivity contribution >= 4 is 32.9 Å². The Morgan fingerprint density at radius 2 is 1.78 bits per heavy atom. The van der Waals surface area contributed by atoms with Gasteiger partial charge in [0.1, 0.15) is 0 Å². The number of nitrogens with one attached hydrogen (secondary N) is 1. The summed E-state index contributed by atoms with van der Waals surface area (Å²) in [7, 11) is 0.208. The summed E-state index contributed by atoms with van der Waals surface area (Å²) in [6.07, 6.45) is 7.61. The molecule has 9 nitrogen and oxygen atoms in total. The van der Waals surface area contributed by atoms with Crippen molar-refractivity contribution in [1.29, 1.82) is 0 Å². The number of aromatic nitrogens is 4. The second-order valence-electron chi connectivity index (χ2n) is 9.44. The SMILES string of the molecule is CN1CCC(c2ccc(Cc3nc4c(Nc5cccnc5N(C)S(C)(=O)=O)cccn4n3)cc2)CC1. The average Bonchev–Trinajstić information content (AvgIpc) is 3.28. The molecule has 36 heavy (non-hydrogen) atoms. The third-order valence-corrected chi connectivity index (χ3v) is 7.96. The fourth-order valence-electron chi connectivity index (χ4n) is 4.60. The highest BCUT2D eigenvalue weighted by atomic mass is 32.2. The molecule has 1 aromatic carbocycles. The summed E-state index contributed by atoms with van der Waals surface area (Å²) >= 11 is 0. The minimum Gasteiger partial charge on any atom is -0.349 e. The quantitative estimate of drug-likeness (QED) is 0.409. The third-order valence-electron chi connectivity index (χ3n) is 6.79. The van der Waals surface area contributed by atoms with Crippen molar-refractivity contribution in [2.45, 2.75) is 25.2 Å². The van der Waals surface area contributed by atoms with E-state index in [1.54, 1.807) is 22.8 Å². The first kappa shape index (κ1) is 24.2. The molecule has 4 heterocycles. The lowest BCUT2D eigenvalue weighted by Gasteiger charge is -2.29. The van der Waals surface area contributed by atoms with Crippen molar-refractivity contribution in [3.05, 3.63) is 77.9 Å². The van der Waals surface area contributed by atoms with Crippen molar-refractivity contribution < 1.29 is 8.42 Å². The van der Waals surface area contributed by atoms with Gasteiger partial charge in [0, 0.05) is 25.9 Å². The van der Waals surface area contributed by atoms with Gasteiger partial charge in [0.05, 0.1) is 17.6 Å². The molecular weight excluding hydrogens is 474 g/mol. The average molecular weight is 506 g/mol. The number of hydrogen-bond donors (Lipinski definition) is 1. The van der Waals surface area contributed by atoms with E-state index in [9.17, 15) is 8.42 Å². The number of fused-ring (bicyclic) bond motifs is 1. The summed E-state index contributed by atoms with van der Waals surface area (Å²) in [6, 6.07) is 16.2. The van der Waals surface area contributed by atoms with E-state index in [0.29, 0.717) is 35.2 Å². The predicted molar refractivity (Wildman–Crippen MR) is 142 cm³/mol. The fraction of sp³-hybridized carbons (Fsp3) is 0.346. The number of hydrogen-bond acceptors (Lipinski definition) is 7. The van der Waals surface area contributed by atoms with Gasteiger partial charge in [-0.05, 0) is 74.3 Å². The molecule has 1 saturated heterocycles. The molecular formula is C26H31N7O2S. The standard InChI is InChI=1S/C26H31N7O2S/c1-31-16-12-21(13-17-31)20-10-8-19(9-11-20)18-24-29-26-23(7-5-15-33(26)30-24)28-22-6-4-14-27-25(22)32(2)36(3,34)35/h4-11,14-15,21,28H,12-13,16-18H2,1-3H3. The van der Waals surface area contributed by atoms with Gasteiger partial charge >= 0.3 is 0 Å². The van der Waals surface area contributed by atoms with Gasteiger partial charge in [-0.15, -0.1) is 0 Å². The molecule has 3 aromatic heterocycles. The zero-order valence-electron chi connectivity index (χ0n) is 20.8. The zero-order valence-corrected chi connectivity index (χ0v) is 21.6. The van der Waals surface area contributed by atoms with E-state index in [0.717, 1.165) is 29.5 Å². The highest BCUT2D eigenvalue weighted by Crippen LogP contribution is 2.30. The lowest BCUT2D eigenvalue weighted by atomic mass is 9.89. The predicted octanol–water partition coefficient (Wildman–Crippen LogP) is 3.66. The van der Waals surface area contributed by atoms with Crippen LogP contribution in [0.15, 0.2) is 60.9 Å². The zero-order chi connectivity index (χ0) is 25.3. The summed E-state index contributed by atoms with van der Waals surface area (Å²) in [4.78, 5) is 11.4. The molecule has 0 atom stereocenters. The monoisotopic (exact) mass is 505 g/mol. The molecule has 188 valence electrons. The molecule has 1 aliphatic heterocycles. The van der Waals surface area contributed by atoms with Crippen LogP contribution < -0.4 is 9.62 Å². The van der Waals surface area contributed by atoms with Gasteiger partial charge in [-0.3, -0.25) is 4.31 Å². The van der Waals surface area contributed by atoms with Gasteiger partial charge in [-0.25, -0.2) is 22.9 Å². The molecule has 1 aliphatic rings. The van der Waals surface area contributed by atoms with Gasteiger partial charge in [0.15, 0.2) is 17.3 Å². The minimum absolute atomic E-state index is 0.312. The maximum absolute atomic E-state index is 12.1. The number of sulfonamides is 1. The van der Waals surface area contributed by atoms with Crippen LogP contribution in [0.5, 0.6) is 0 Å². The molecule has 0 aliphatic carbocycles. The number of anilines is 3. The van der Waals surface area contributed by atoms with E-state index in [1.165, 1.54) is 31.0 Å². The summed E-state index contributed by atoms with van der Waals surface area (Å²) < 4.78 is 27.0. The van der Waals surface area contributed by atoms with E-state index >= 15 is 0 Å². The number of pyridine rings is 2. The second kappa shape index (κ2) is 9.87. The smallest absolute Gasteiger partial charge is 0.233 e. The molecule has 0 bridgehead atoms. The van der Waals surface area contributed by atoms with Crippen LogP contribution in [0, 0.1) is 0 Å². The van der Waals surface area contributed by atoms with Gasteiger partial charge in [-0.1, -0.05) is 24.3 Å². The van der Waals surface area contributed by atoms with Gasteiger partial charge in [0.25, 0.3) is 0 Å². The number of piperidine rings is 1. The first-order chi connectivity index (χ1) is 17.3. The molecule has 4 aromatic rings. The van der Waals surface area contributed by atoms with E-state index in [1.807, 2.05) is 18.3 Å².